The monoisotopic (exact) mass is 276 g/mol. The fourth-order valence-corrected chi connectivity index (χ4v) is 2.75. The molecular weight excluding hydrogens is 248 g/mol. The van der Waals surface area contributed by atoms with E-state index in [-0.39, 0.29) is 0 Å². The lowest BCUT2D eigenvalue weighted by atomic mass is 10.1. The Labute approximate surface area is 123 Å². The number of hydrogen-bond donors (Lipinski definition) is 1. The lowest BCUT2D eigenvalue weighted by Crippen LogP contribution is -2.27. The van der Waals surface area contributed by atoms with E-state index in [1.54, 1.807) is 0 Å². The Bertz CT molecular complexity index is 411. The molecule has 2 rings (SSSR count). The quantitative estimate of drug-likeness (QED) is 0.892. The zero-order chi connectivity index (χ0) is 14.4. The van der Waals surface area contributed by atoms with Crippen LogP contribution in [-0.4, -0.2) is 32.3 Å². The number of aryl methyl sites for hydroxylation is 1. The predicted octanol–water partition coefficient (Wildman–Crippen LogP) is 3.36. The Balaban J connectivity index is 2.04. The first kappa shape index (κ1) is 15.2. The van der Waals surface area contributed by atoms with Gasteiger partial charge in [0, 0.05) is 25.3 Å². The van der Waals surface area contributed by atoms with E-state index in [0.29, 0.717) is 6.10 Å². The molecule has 0 aromatic heterocycles. The van der Waals surface area contributed by atoms with Crippen molar-refractivity contribution in [2.75, 3.05) is 31.1 Å². The summed E-state index contributed by atoms with van der Waals surface area (Å²) in [6, 6.07) is 6.60. The van der Waals surface area contributed by atoms with Gasteiger partial charge in [0.25, 0.3) is 0 Å². The van der Waals surface area contributed by atoms with Crippen LogP contribution in [0.25, 0.3) is 0 Å². The van der Waals surface area contributed by atoms with Crippen molar-refractivity contribution in [3.05, 3.63) is 23.8 Å². The van der Waals surface area contributed by atoms with Crippen LogP contribution in [0.4, 0.5) is 5.69 Å². The van der Waals surface area contributed by atoms with Gasteiger partial charge in [-0.3, -0.25) is 0 Å². The molecule has 0 spiro atoms. The summed E-state index contributed by atoms with van der Waals surface area (Å²) in [7, 11) is 0. The molecule has 0 saturated carbocycles. The van der Waals surface area contributed by atoms with Crippen molar-refractivity contribution in [1.29, 1.82) is 0 Å². The summed E-state index contributed by atoms with van der Waals surface area (Å²) in [4.78, 5) is 2.46. The first-order valence-corrected chi connectivity index (χ1v) is 7.93. The zero-order valence-corrected chi connectivity index (χ0v) is 13.1. The standard InChI is InChI=1S/C17H28N2O/c1-4-6-15(3)20-17-8-7-16(13-14(17)2)19-11-5-9-18-10-12-19/h7-8,13,15,18H,4-6,9-12H2,1-3H3. The molecule has 0 amide bonds. The van der Waals surface area contributed by atoms with Crippen LogP contribution in [0.3, 0.4) is 0 Å². The second-order valence-corrected chi connectivity index (χ2v) is 5.76. The third-order valence-electron chi connectivity index (χ3n) is 3.89. The summed E-state index contributed by atoms with van der Waals surface area (Å²) in [5.74, 6) is 1.03. The number of benzene rings is 1. The van der Waals surface area contributed by atoms with Crippen molar-refractivity contribution in [3.8, 4) is 5.75 Å². The first-order valence-electron chi connectivity index (χ1n) is 7.93. The van der Waals surface area contributed by atoms with Crippen molar-refractivity contribution < 1.29 is 4.74 Å². The number of rotatable bonds is 5. The number of anilines is 1. The van der Waals surface area contributed by atoms with Gasteiger partial charge >= 0.3 is 0 Å². The van der Waals surface area contributed by atoms with Crippen LogP contribution in [0.2, 0.25) is 0 Å². The molecule has 1 atom stereocenters. The van der Waals surface area contributed by atoms with Gasteiger partial charge in [-0.1, -0.05) is 13.3 Å². The Morgan fingerprint density at radius 3 is 2.90 bits per heavy atom. The van der Waals surface area contributed by atoms with Gasteiger partial charge in [-0.2, -0.15) is 0 Å². The minimum Gasteiger partial charge on any atom is -0.490 e. The van der Waals surface area contributed by atoms with Crippen LogP contribution in [0.5, 0.6) is 5.75 Å². The van der Waals surface area contributed by atoms with Gasteiger partial charge in [-0.05, 0) is 57.0 Å². The van der Waals surface area contributed by atoms with Gasteiger partial charge in [-0.25, -0.2) is 0 Å². The highest BCUT2D eigenvalue weighted by Gasteiger charge is 2.12. The average molecular weight is 276 g/mol. The highest BCUT2D eigenvalue weighted by atomic mass is 16.5. The SMILES string of the molecule is CCCC(C)Oc1ccc(N2CCCNCC2)cc1C. The molecule has 1 unspecified atom stereocenters. The van der Waals surface area contributed by atoms with Crippen molar-refractivity contribution >= 4 is 5.69 Å². The number of ether oxygens (including phenoxy) is 1. The van der Waals surface area contributed by atoms with Crippen LogP contribution >= 0.6 is 0 Å². The van der Waals surface area contributed by atoms with Gasteiger partial charge in [0.1, 0.15) is 5.75 Å². The molecule has 1 saturated heterocycles. The van der Waals surface area contributed by atoms with Crippen molar-refractivity contribution in [2.45, 2.75) is 46.1 Å². The molecule has 0 bridgehead atoms. The van der Waals surface area contributed by atoms with E-state index in [1.807, 2.05) is 0 Å². The topological polar surface area (TPSA) is 24.5 Å². The minimum atomic E-state index is 0.298. The zero-order valence-electron chi connectivity index (χ0n) is 13.1. The molecule has 1 N–H and O–H groups in total. The second kappa shape index (κ2) is 7.53. The fourth-order valence-electron chi connectivity index (χ4n) is 2.75. The van der Waals surface area contributed by atoms with Gasteiger partial charge < -0.3 is 15.0 Å². The third-order valence-corrected chi connectivity index (χ3v) is 3.89. The van der Waals surface area contributed by atoms with Crippen LogP contribution in [0.15, 0.2) is 18.2 Å². The molecule has 1 heterocycles. The van der Waals surface area contributed by atoms with Gasteiger partial charge in [0.05, 0.1) is 6.10 Å². The molecular formula is C17H28N2O. The van der Waals surface area contributed by atoms with E-state index in [0.717, 1.165) is 38.3 Å². The van der Waals surface area contributed by atoms with Crippen molar-refractivity contribution in [1.82, 2.24) is 5.32 Å². The molecule has 3 heteroatoms. The third kappa shape index (κ3) is 4.14. The molecule has 1 fully saturated rings. The maximum Gasteiger partial charge on any atom is 0.122 e. The molecule has 0 aliphatic carbocycles. The average Bonchev–Trinajstić information content (AvgIpc) is 2.70. The summed E-state index contributed by atoms with van der Waals surface area (Å²) in [5, 5.41) is 3.45. The molecule has 1 aliphatic heterocycles. The number of nitrogens with one attached hydrogen (secondary N) is 1. The Morgan fingerprint density at radius 2 is 2.15 bits per heavy atom. The maximum atomic E-state index is 6.02. The second-order valence-electron chi connectivity index (χ2n) is 5.76. The molecule has 1 aromatic carbocycles. The summed E-state index contributed by atoms with van der Waals surface area (Å²) < 4.78 is 6.02. The van der Waals surface area contributed by atoms with E-state index < -0.39 is 0 Å². The largest absolute Gasteiger partial charge is 0.490 e. The normalized spacial score (nSPS) is 17.6. The van der Waals surface area contributed by atoms with Gasteiger partial charge in [0.2, 0.25) is 0 Å². The fraction of sp³-hybridized carbons (Fsp3) is 0.647. The highest BCUT2D eigenvalue weighted by Crippen LogP contribution is 2.26. The predicted molar refractivity (Wildman–Crippen MR) is 85.9 cm³/mol. The highest BCUT2D eigenvalue weighted by molar-refractivity contribution is 5.53. The summed E-state index contributed by atoms with van der Waals surface area (Å²) in [6.45, 7) is 10.9. The Morgan fingerprint density at radius 1 is 1.30 bits per heavy atom. The van der Waals surface area contributed by atoms with E-state index in [9.17, 15) is 0 Å². The maximum absolute atomic E-state index is 6.02. The molecule has 1 aliphatic rings. The molecule has 20 heavy (non-hydrogen) atoms. The minimum absolute atomic E-state index is 0.298. The van der Waals surface area contributed by atoms with Crippen LogP contribution < -0.4 is 15.0 Å². The lowest BCUT2D eigenvalue weighted by molar-refractivity contribution is 0.208. The van der Waals surface area contributed by atoms with E-state index in [1.165, 1.54) is 24.1 Å². The number of hydrogen-bond acceptors (Lipinski definition) is 3. The van der Waals surface area contributed by atoms with Crippen LogP contribution in [-0.2, 0) is 0 Å². The van der Waals surface area contributed by atoms with Gasteiger partial charge in [-0.15, -0.1) is 0 Å². The van der Waals surface area contributed by atoms with E-state index in [2.05, 4.69) is 49.2 Å². The number of nitrogens with zero attached hydrogens (tertiary/aromatic N) is 1. The summed E-state index contributed by atoms with van der Waals surface area (Å²) in [6.07, 6.45) is 3.79. The van der Waals surface area contributed by atoms with Crippen molar-refractivity contribution in [3.63, 3.8) is 0 Å². The first-order chi connectivity index (χ1) is 9.70. The van der Waals surface area contributed by atoms with Crippen molar-refractivity contribution in [2.24, 2.45) is 0 Å². The Kier molecular flexibility index (Phi) is 5.72. The van der Waals surface area contributed by atoms with Gasteiger partial charge in [0.15, 0.2) is 0 Å². The van der Waals surface area contributed by atoms with E-state index >= 15 is 0 Å². The summed E-state index contributed by atoms with van der Waals surface area (Å²) in [5.41, 5.74) is 2.56. The smallest absolute Gasteiger partial charge is 0.122 e. The van der Waals surface area contributed by atoms with Crippen LogP contribution in [0, 0.1) is 6.92 Å². The lowest BCUT2D eigenvalue weighted by Gasteiger charge is -2.24. The molecule has 1 aromatic rings. The molecule has 112 valence electrons. The Hall–Kier alpha value is -1.22. The molecule has 3 nitrogen and oxygen atoms in total. The van der Waals surface area contributed by atoms with E-state index in [4.69, 9.17) is 4.74 Å². The molecule has 0 radical (unpaired) electrons. The summed E-state index contributed by atoms with van der Waals surface area (Å²) >= 11 is 0. The van der Waals surface area contributed by atoms with Crippen LogP contribution in [0.1, 0.15) is 38.7 Å².